The number of carbonyl (C=O) groups excluding carboxylic acids is 2. The second-order valence-corrected chi connectivity index (χ2v) is 12.6. The number of aliphatic imine (C=N–C) groups is 1. The van der Waals surface area contributed by atoms with E-state index in [0.29, 0.717) is 26.0 Å². The maximum Gasteiger partial charge on any atom is 0.253 e. The van der Waals surface area contributed by atoms with Gasteiger partial charge in [0.1, 0.15) is 18.0 Å². The Bertz CT molecular complexity index is 1200. The van der Waals surface area contributed by atoms with Gasteiger partial charge in [-0.2, -0.15) is 4.31 Å². The number of nitrogens with one attached hydrogen (secondary N) is 1. The number of benzene rings is 1. The zero-order chi connectivity index (χ0) is 27.9. The summed E-state index contributed by atoms with van der Waals surface area (Å²) in [6.07, 6.45) is 11.6. The molecule has 0 atom stereocenters. The molecule has 1 aromatic rings. The number of rotatable bonds is 12. The lowest BCUT2D eigenvalue weighted by Gasteiger charge is -2.34. The van der Waals surface area contributed by atoms with Gasteiger partial charge in [0.2, 0.25) is 10.0 Å². The number of anilines is 1. The highest BCUT2D eigenvalue weighted by molar-refractivity contribution is 7.92. The van der Waals surface area contributed by atoms with E-state index in [2.05, 4.69) is 12.2 Å². The number of carbonyl (C=O) groups is 2. The Morgan fingerprint density at radius 2 is 1.77 bits per heavy atom. The smallest absolute Gasteiger partial charge is 0.253 e. The molecule has 1 N–H and O–H groups in total. The molecule has 10 heteroatoms. The molecular formula is C29H42N4O5S. The summed E-state index contributed by atoms with van der Waals surface area (Å²) in [6, 6.07) is 5.55. The zero-order valence-corrected chi connectivity index (χ0v) is 24.1. The van der Waals surface area contributed by atoms with Gasteiger partial charge in [-0.25, -0.2) is 8.42 Å². The molecule has 3 aliphatic rings. The predicted octanol–water partition coefficient (Wildman–Crippen LogP) is 4.16. The van der Waals surface area contributed by atoms with Crippen LogP contribution in [0.3, 0.4) is 0 Å². The van der Waals surface area contributed by atoms with Gasteiger partial charge in [0.15, 0.2) is 0 Å². The third-order valence-electron chi connectivity index (χ3n) is 7.93. The van der Waals surface area contributed by atoms with Crippen molar-refractivity contribution in [2.24, 2.45) is 4.99 Å². The fourth-order valence-electron chi connectivity index (χ4n) is 5.45. The van der Waals surface area contributed by atoms with Crippen molar-refractivity contribution in [3.8, 4) is 0 Å². The van der Waals surface area contributed by atoms with Crippen LogP contribution in [0, 0.1) is 6.92 Å². The Labute approximate surface area is 232 Å². The van der Waals surface area contributed by atoms with Crippen LogP contribution in [0.15, 0.2) is 28.6 Å². The quantitative estimate of drug-likeness (QED) is 0.388. The van der Waals surface area contributed by atoms with E-state index in [1.165, 1.54) is 41.8 Å². The van der Waals surface area contributed by atoms with E-state index in [9.17, 15) is 18.0 Å². The van der Waals surface area contributed by atoms with Crippen LogP contribution in [0.1, 0.15) is 82.3 Å². The highest BCUT2D eigenvalue weighted by atomic mass is 32.2. The highest BCUT2D eigenvalue weighted by Crippen LogP contribution is 2.32. The van der Waals surface area contributed by atoms with Gasteiger partial charge in [-0.05, 0) is 55.5 Å². The molecule has 0 bridgehead atoms. The van der Waals surface area contributed by atoms with Crippen LogP contribution in [0.4, 0.5) is 5.69 Å². The molecule has 9 nitrogen and oxygen atoms in total. The third kappa shape index (κ3) is 7.35. The molecular weight excluding hydrogens is 516 g/mol. The summed E-state index contributed by atoms with van der Waals surface area (Å²) in [5.74, 6) is 0.574. The average molecular weight is 559 g/mol. The number of unbranched alkanes of at least 4 members (excludes halogenated alkanes) is 6. The summed E-state index contributed by atoms with van der Waals surface area (Å²) in [5, 5.41) is 4.19. The number of piperidine rings is 1. The van der Waals surface area contributed by atoms with Crippen LogP contribution in [0.2, 0.25) is 0 Å². The summed E-state index contributed by atoms with van der Waals surface area (Å²) in [6.45, 7) is 5.69. The van der Waals surface area contributed by atoms with Crippen LogP contribution in [0.5, 0.6) is 0 Å². The van der Waals surface area contributed by atoms with Gasteiger partial charge in [-0.15, -0.1) is 0 Å². The molecule has 0 saturated carbocycles. The molecule has 2 amide bonds. The molecule has 1 spiro atoms. The lowest BCUT2D eigenvalue weighted by molar-refractivity contribution is -0.126. The maximum atomic E-state index is 13.1. The van der Waals surface area contributed by atoms with Gasteiger partial charge in [-0.1, -0.05) is 51.5 Å². The van der Waals surface area contributed by atoms with Crippen LogP contribution >= 0.6 is 0 Å². The van der Waals surface area contributed by atoms with Crippen molar-refractivity contribution in [2.45, 2.75) is 83.6 Å². The molecule has 2 fully saturated rings. The first-order chi connectivity index (χ1) is 18.7. The number of hydrogen-bond donors (Lipinski definition) is 1. The number of amidine groups is 1. The molecule has 2 saturated heterocycles. The molecule has 39 heavy (non-hydrogen) atoms. The topological polar surface area (TPSA) is 108 Å². The van der Waals surface area contributed by atoms with E-state index in [-0.39, 0.29) is 31.5 Å². The van der Waals surface area contributed by atoms with Gasteiger partial charge in [0, 0.05) is 37.2 Å². The third-order valence-corrected chi connectivity index (χ3v) is 9.49. The molecule has 214 valence electrons. The molecule has 0 aliphatic carbocycles. The van der Waals surface area contributed by atoms with E-state index >= 15 is 0 Å². The number of morpholine rings is 1. The predicted molar refractivity (Wildman–Crippen MR) is 154 cm³/mol. The SMILES string of the molecule is CCCCCCCCCC1=NC2(CCN(S(=O)(=O)C=Cc3ccc(N4CCOCC4=O)cc3C)CC2)C(=O)N1. The van der Waals surface area contributed by atoms with Gasteiger partial charge >= 0.3 is 0 Å². The van der Waals surface area contributed by atoms with Crippen molar-refractivity contribution in [3.05, 3.63) is 34.7 Å². The Kier molecular flexibility index (Phi) is 9.96. The summed E-state index contributed by atoms with van der Waals surface area (Å²) in [5.41, 5.74) is 1.59. The van der Waals surface area contributed by atoms with Gasteiger partial charge in [0.25, 0.3) is 11.8 Å². The minimum Gasteiger partial charge on any atom is -0.370 e. The molecule has 3 heterocycles. The fourth-order valence-corrected chi connectivity index (χ4v) is 6.64. The van der Waals surface area contributed by atoms with E-state index in [1.54, 1.807) is 11.0 Å². The Hall–Kier alpha value is -2.56. The van der Waals surface area contributed by atoms with Gasteiger partial charge < -0.3 is 15.0 Å². The Balaban J connectivity index is 1.30. The van der Waals surface area contributed by atoms with Crippen molar-refractivity contribution < 1.29 is 22.7 Å². The van der Waals surface area contributed by atoms with Crippen molar-refractivity contribution in [3.63, 3.8) is 0 Å². The molecule has 0 radical (unpaired) electrons. The number of amides is 2. The summed E-state index contributed by atoms with van der Waals surface area (Å²) >= 11 is 0. The van der Waals surface area contributed by atoms with E-state index < -0.39 is 15.6 Å². The number of ether oxygens (including phenoxy) is 1. The zero-order valence-electron chi connectivity index (χ0n) is 23.3. The minimum absolute atomic E-state index is 0.0730. The standard InChI is InChI=1S/C29H42N4O5S/c1-3-4-5-6-7-8-9-10-26-30-28(35)29(31-26)14-16-32(17-15-29)39(36,37)20-13-24-11-12-25(21-23(24)2)33-18-19-38-22-27(33)34/h11-13,20-21H,3-10,14-19,22H2,1-2H3,(H,30,31,35). The van der Waals surface area contributed by atoms with E-state index in [1.807, 2.05) is 25.1 Å². The van der Waals surface area contributed by atoms with Crippen LogP contribution in [-0.2, 0) is 24.3 Å². The number of nitrogens with zero attached hydrogens (tertiary/aromatic N) is 3. The fraction of sp³-hybridized carbons (Fsp3) is 0.621. The second-order valence-electron chi connectivity index (χ2n) is 10.8. The number of aryl methyl sites for hydroxylation is 1. The molecule has 3 aliphatic heterocycles. The summed E-state index contributed by atoms with van der Waals surface area (Å²) in [7, 11) is -3.65. The van der Waals surface area contributed by atoms with E-state index in [4.69, 9.17) is 9.73 Å². The lowest BCUT2D eigenvalue weighted by Crippen LogP contribution is -2.50. The van der Waals surface area contributed by atoms with Gasteiger partial charge in [-0.3, -0.25) is 14.6 Å². The van der Waals surface area contributed by atoms with E-state index in [0.717, 1.165) is 41.9 Å². The summed E-state index contributed by atoms with van der Waals surface area (Å²) < 4.78 is 32.8. The van der Waals surface area contributed by atoms with Crippen molar-refractivity contribution in [1.29, 1.82) is 0 Å². The van der Waals surface area contributed by atoms with Crippen molar-refractivity contribution >= 4 is 39.4 Å². The first-order valence-corrected chi connectivity index (χ1v) is 15.8. The van der Waals surface area contributed by atoms with Crippen LogP contribution in [-0.4, -0.2) is 68.8 Å². The number of sulfonamides is 1. The Morgan fingerprint density at radius 3 is 2.46 bits per heavy atom. The Morgan fingerprint density at radius 1 is 1.05 bits per heavy atom. The monoisotopic (exact) mass is 558 g/mol. The molecule has 0 aromatic heterocycles. The minimum atomic E-state index is -3.65. The van der Waals surface area contributed by atoms with Crippen LogP contribution < -0.4 is 10.2 Å². The largest absolute Gasteiger partial charge is 0.370 e. The normalized spacial score (nSPS) is 20.2. The first kappa shape index (κ1) is 29.4. The molecule has 1 aromatic carbocycles. The van der Waals surface area contributed by atoms with Crippen molar-refractivity contribution in [1.82, 2.24) is 9.62 Å². The molecule has 4 rings (SSSR count). The first-order valence-electron chi connectivity index (χ1n) is 14.3. The second kappa shape index (κ2) is 13.2. The average Bonchev–Trinajstić information content (AvgIpc) is 3.22. The van der Waals surface area contributed by atoms with Gasteiger partial charge in [0.05, 0.1) is 6.61 Å². The number of hydrogen-bond acceptors (Lipinski definition) is 6. The summed E-state index contributed by atoms with van der Waals surface area (Å²) in [4.78, 5) is 31.4. The van der Waals surface area contributed by atoms with Crippen molar-refractivity contribution in [2.75, 3.05) is 37.7 Å². The maximum absolute atomic E-state index is 13.1. The van der Waals surface area contributed by atoms with Crippen LogP contribution in [0.25, 0.3) is 6.08 Å². The molecule has 0 unspecified atom stereocenters. The highest BCUT2D eigenvalue weighted by Gasteiger charge is 2.46. The lowest BCUT2D eigenvalue weighted by atomic mass is 9.89.